The molecule has 6 nitrogen and oxygen atoms in total. The summed E-state index contributed by atoms with van der Waals surface area (Å²) < 4.78 is 6.56. The minimum atomic E-state index is -0.958. The number of carbonyl (C=O) groups is 1. The predicted octanol–water partition coefficient (Wildman–Crippen LogP) is 0.404. The number of amides is 1. The van der Waals surface area contributed by atoms with Crippen LogP contribution >= 0.6 is 0 Å². The molecule has 6 heteroatoms. The van der Waals surface area contributed by atoms with Crippen molar-refractivity contribution in [1.29, 1.82) is 0 Å². The van der Waals surface area contributed by atoms with Crippen LogP contribution in [0.25, 0.3) is 0 Å². The summed E-state index contributed by atoms with van der Waals surface area (Å²) in [4.78, 5) is 11.8. The van der Waals surface area contributed by atoms with Crippen LogP contribution in [-0.4, -0.2) is 46.7 Å². The number of aryl methyl sites for hydroxylation is 2. The fraction of sp³-hybridized carbons (Fsp3) is 0.692. The number of nitrogens with zero attached hydrogens (tertiary/aromatic N) is 2. The number of methoxy groups -OCH3 is 1. The Balaban J connectivity index is 2.41. The fourth-order valence-corrected chi connectivity index (χ4v) is 1.73. The molecule has 0 aliphatic heterocycles. The zero-order chi connectivity index (χ0) is 14.5. The average molecular weight is 269 g/mol. The van der Waals surface area contributed by atoms with Crippen molar-refractivity contribution in [1.82, 2.24) is 15.1 Å². The number of aromatic nitrogens is 2. The molecule has 1 unspecified atom stereocenters. The van der Waals surface area contributed by atoms with Crippen LogP contribution in [0.3, 0.4) is 0 Å². The Morgan fingerprint density at radius 1 is 1.58 bits per heavy atom. The molecule has 0 aliphatic carbocycles. The Kier molecular flexibility index (Phi) is 5.50. The lowest BCUT2D eigenvalue weighted by Crippen LogP contribution is -2.42. The third kappa shape index (κ3) is 5.40. The molecule has 0 spiro atoms. The highest BCUT2D eigenvalue weighted by atomic mass is 16.5. The number of hydrogen-bond acceptors (Lipinski definition) is 4. The monoisotopic (exact) mass is 269 g/mol. The molecule has 0 radical (unpaired) electrons. The van der Waals surface area contributed by atoms with E-state index in [9.17, 15) is 9.90 Å². The van der Waals surface area contributed by atoms with E-state index in [0.717, 1.165) is 11.4 Å². The molecule has 0 aromatic carbocycles. The van der Waals surface area contributed by atoms with E-state index in [2.05, 4.69) is 10.4 Å². The van der Waals surface area contributed by atoms with Gasteiger partial charge in [-0.1, -0.05) is 0 Å². The van der Waals surface area contributed by atoms with Gasteiger partial charge in [0.25, 0.3) is 0 Å². The minimum absolute atomic E-state index is 0.163. The molecule has 1 heterocycles. The molecule has 108 valence electrons. The third-order valence-corrected chi connectivity index (χ3v) is 2.91. The van der Waals surface area contributed by atoms with Crippen molar-refractivity contribution >= 4 is 5.91 Å². The number of carbonyl (C=O) groups excluding carboxylic acids is 1. The van der Waals surface area contributed by atoms with Crippen LogP contribution in [0.5, 0.6) is 0 Å². The van der Waals surface area contributed by atoms with Gasteiger partial charge in [-0.2, -0.15) is 5.10 Å². The molecule has 1 aromatic heterocycles. The van der Waals surface area contributed by atoms with Gasteiger partial charge in [-0.3, -0.25) is 9.48 Å². The van der Waals surface area contributed by atoms with Gasteiger partial charge in [0, 0.05) is 32.4 Å². The smallest absolute Gasteiger partial charge is 0.241 e. The molecule has 1 amide bonds. The highest BCUT2D eigenvalue weighted by molar-refractivity contribution is 5.75. The second-order valence-electron chi connectivity index (χ2n) is 5.10. The van der Waals surface area contributed by atoms with E-state index in [1.807, 2.05) is 19.9 Å². The third-order valence-electron chi connectivity index (χ3n) is 2.91. The summed E-state index contributed by atoms with van der Waals surface area (Å²) >= 11 is 0. The predicted molar refractivity (Wildman–Crippen MR) is 71.8 cm³/mol. The van der Waals surface area contributed by atoms with Crippen LogP contribution < -0.4 is 5.32 Å². The molecule has 0 saturated carbocycles. The van der Waals surface area contributed by atoms with Crippen molar-refractivity contribution in [2.24, 2.45) is 0 Å². The van der Waals surface area contributed by atoms with Crippen LogP contribution in [0.4, 0.5) is 0 Å². The zero-order valence-corrected chi connectivity index (χ0v) is 12.1. The quantitative estimate of drug-likeness (QED) is 0.751. The maximum absolute atomic E-state index is 11.8. The van der Waals surface area contributed by atoms with Crippen LogP contribution in [0.1, 0.15) is 24.7 Å². The first-order chi connectivity index (χ1) is 8.84. The summed E-state index contributed by atoms with van der Waals surface area (Å²) in [5.41, 5.74) is 0.872. The van der Waals surface area contributed by atoms with Crippen LogP contribution in [0.2, 0.25) is 0 Å². The first-order valence-electron chi connectivity index (χ1n) is 6.33. The van der Waals surface area contributed by atoms with Crippen molar-refractivity contribution in [2.75, 3.05) is 20.3 Å². The highest BCUT2D eigenvalue weighted by Gasteiger charge is 2.21. The van der Waals surface area contributed by atoms with Gasteiger partial charge in [0.1, 0.15) is 6.54 Å². The second kappa shape index (κ2) is 6.68. The summed E-state index contributed by atoms with van der Waals surface area (Å²) in [6.45, 7) is 6.30. The van der Waals surface area contributed by atoms with Gasteiger partial charge in [0.2, 0.25) is 5.91 Å². The lowest BCUT2D eigenvalue weighted by molar-refractivity contribution is -0.123. The minimum Gasteiger partial charge on any atom is -0.388 e. The largest absolute Gasteiger partial charge is 0.388 e. The second-order valence-corrected chi connectivity index (χ2v) is 5.10. The van der Waals surface area contributed by atoms with E-state index in [-0.39, 0.29) is 19.0 Å². The Labute approximate surface area is 113 Å². The van der Waals surface area contributed by atoms with Gasteiger partial charge < -0.3 is 15.2 Å². The fourth-order valence-electron chi connectivity index (χ4n) is 1.73. The number of hydrogen-bond donors (Lipinski definition) is 2. The number of nitrogens with one attached hydrogen (secondary N) is 1. The highest BCUT2D eigenvalue weighted by Crippen LogP contribution is 2.07. The summed E-state index contributed by atoms with van der Waals surface area (Å²) in [5, 5.41) is 16.9. The maximum atomic E-state index is 11.8. The SMILES string of the molecule is COCCC(C)(O)CNC(=O)Cn1nc(C)cc1C. The van der Waals surface area contributed by atoms with Gasteiger partial charge in [-0.25, -0.2) is 0 Å². The molecular formula is C13H23N3O3. The van der Waals surface area contributed by atoms with Crippen molar-refractivity contribution in [2.45, 2.75) is 39.3 Å². The van der Waals surface area contributed by atoms with Gasteiger partial charge in [0.05, 0.1) is 11.3 Å². The first-order valence-corrected chi connectivity index (χ1v) is 6.33. The molecular weight excluding hydrogens is 246 g/mol. The average Bonchev–Trinajstić information content (AvgIpc) is 2.63. The van der Waals surface area contributed by atoms with E-state index in [1.54, 1.807) is 18.7 Å². The molecule has 0 bridgehead atoms. The van der Waals surface area contributed by atoms with E-state index in [4.69, 9.17) is 4.74 Å². The van der Waals surface area contributed by atoms with E-state index in [1.165, 1.54) is 0 Å². The number of ether oxygens (including phenoxy) is 1. The molecule has 0 fully saturated rings. The van der Waals surface area contributed by atoms with Gasteiger partial charge >= 0.3 is 0 Å². The van der Waals surface area contributed by atoms with Crippen molar-refractivity contribution in [3.05, 3.63) is 17.5 Å². The zero-order valence-electron chi connectivity index (χ0n) is 12.1. The molecule has 19 heavy (non-hydrogen) atoms. The summed E-state index contributed by atoms with van der Waals surface area (Å²) in [5.74, 6) is -0.163. The van der Waals surface area contributed by atoms with Gasteiger partial charge in [-0.15, -0.1) is 0 Å². The maximum Gasteiger partial charge on any atom is 0.241 e. The Morgan fingerprint density at radius 2 is 2.26 bits per heavy atom. The Morgan fingerprint density at radius 3 is 2.79 bits per heavy atom. The molecule has 1 rings (SSSR count). The first kappa shape index (κ1) is 15.7. The van der Waals surface area contributed by atoms with Crippen LogP contribution in [0.15, 0.2) is 6.07 Å². The summed E-state index contributed by atoms with van der Waals surface area (Å²) in [6, 6.07) is 1.92. The van der Waals surface area contributed by atoms with Gasteiger partial charge in [-0.05, 0) is 26.8 Å². The number of rotatable bonds is 7. The Hall–Kier alpha value is -1.40. The van der Waals surface area contributed by atoms with Crippen LogP contribution in [-0.2, 0) is 16.1 Å². The number of aliphatic hydroxyl groups is 1. The Bertz CT molecular complexity index is 427. The molecule has 1 aromatic rings. The van der Waals surface area contributed by atoms with E-state index < -0.39 is 5.60 Å². The topological polar surface area (TPSA) is 76.4 Å². The van der Waals surface area contributed by atoms with Crippen molar-refractivity contribution in [3.8, 4) is 0 Å². The van der Waals surface area contributed by atoms with Crippen molar-refractivity contribution in [3.63, 3.8) is 0 Å². The lowest BCUT2D eigenvalue weighted by Gasteiger charge is -2.23. The molecule has 1 atom stereocenters. The molecule has 0 aliphatic rings. The van der Waals surface area contributed by atoms with Gasteiger partial charge in [0.15, 0.2) is 0 Å². The van der Waals surface area contributed by atoms with Crippen LogP contribution in [0, 0.1) is 13.8 Å². The lowest BCUT2D eigenvalue weighted by atomic mass is 10.0. The summed E-state index contributed by atoms with van der Waals surface area (Å²) in [6.07, 6.45) is 0.476. The molecule has 2 N–H and O–H groups in total. The van der Waals surface area contributed by atoms with E-state index in [0.29, 0.717) is 13.0 Å². The normalized spacial score (nSPS) is 14.2. The molecule has 0 saturated heterocycles. The van der Waals surface area contributed by atoms with Crippen molar-refractivity contribution < 1.29 is 14.6 Å². The van der Waals surface area contributed by atoms with E-state index >= 15 is 0 Å². The summed E-state index contributed by atoms with van der Waals surface area (Å²) in [7, 11) is 1.58. The standard InChI is InChI=1S/C13H23N3O3/c1-10-7-11(2)16(15-10)8-12(17)14-9-13(3,18)5-6-19-4/h7,18H,5-6,8-9H2,1-4H3,(H,14,17).